The number of ether oxygens (including phenoxy) is 2. The quantitative estimate of drug-likeness (QED) is 0.297. The molecule has 1 unspecified atom stereocenters. The zero-order valence-corrected chi connectivity index (χ0v) is 19.8. The van der Waals surface area contributed by atoms with Gasteiger partial charge in [-0.25, -0.2) is 8.42 Å². The van der Waals surface area contributed by atoms with Crippen LogP contribution >= 0.6 is 24.0 Å². The molecule has 0 bridgehead atoms. The van der Waals surface area contributed by atoms with Gasteiger partial charge in [-0.3, -0.25) is 9.89 Å². The van der Waals surface area contributed by atoms with Crippen LogP contribution in [0, 0.1) is 0 Å². The van der Waals surface area contributed by atoms with Crippen molar-refractivity contribution < 1.29 is 17.9 Å². The molecule has 1 aliphatic rings. The lowest BCUT2D eigenvalue weighted by Gasteiger charge is -2.26. The number of hydrogen-bond donors (Lipinski definition) is 2. The highest BCUT2D eigenvalue weighted by Gasteiger charge is 2.20. The van der Waals surface area contributed by atoms with Gasteiger partial charge >= 0.3 is 0 Å². The molecular weight excluding hydrogens is 495 g/mol. The zero-order valence-electron chi connectivity index (χ0n) is 16.7. The first kappa shape index (κ1) is 24.8. The first-order chi connectivity index (χ1) is 12.9. The van der Waals surface area contributed by atoms with Crippen LogP contribution in [0.1, 0.15) is 6.92 Å². The third kappa shape index (κ3) is 8.82. The van der Waals surface area contributed by atoms with E-state index >= 15 is 0 Å². The maximum Gasteiger partial charge on any atom is 0.191 e. The molecule has 0 aromatic heterocycles. The van der Waals surface area contributed by atoms with Crippen LogP contribution in [0.25, 0.3) is 0 Å². The number of aliphatic imine (C=N–C) groups is 1. The molecule has 2 N–H and O–H groups in total. The van der Waals surface area contributed by atoms with E-state index in [-0.39, 0.29) is 41.6 Å². The van der Waals surface area contributed by atoms with Gasteiger partial charge in [0.15, 0.2) is 15.8 Å². The Morgan fingerprint density at radius 2 is 1.93 bits per heavy atom. The number of methoxy groups -OCH3 is 1. The summed E-state index contributed by atoms with van der Waals surface area (Å²) in [4.78, 5) is 6.35. The Morgan fingerprint density at radius 3 is 2.57 bits per heavy atom. The van der Waals surface area contributed by atoms with E-state index in [0.717, 1.165) is 18.0 Å². The van der Waals surface area contributed by atoms with Crippen LogP contribution in [0.3, 0.4) is 0 Å². The molecule has 1 aromatic carbocycles. The third-order valence-electron chi connectivity index (χ3n) is 4.32. The topological polar surface area (TPSA) is 92.3 Å². The lowest BCUT2D eigenvalue weighted by Crippen LogP contribution is -2.47. The second-order valence-electron chi connectivity index (χ2n) is 6.48. The molecule has 28 heavy (non-hydrogen) atoms. The lowest BCUT2D eigenvalue weighted by molar-refractivity contribution is 0.223. The van der Waals surface area contributed by atoms with E-state index in [0.29, 0.717) is 32.1 Å². The van der Waals surface area contributed by atoms with Crippen LogP contribution in [0.5, 0.6) is 11.5 Å². The predicted molar refractivity (Wildman–Crippen MR) is 123 cm³/mol. The number of guanidine groups is 1. The highest BCUT2D eigenvalue weighted by atomic mass is 127. The highest BCUT2D eigenvalue weighted by Crippen LogP contribution is 2.19. The van der Waals surface area contributed by atoms with Crippen molar-refractivity contribution in [2.24, 2.45) is 4.99 Å². The lowest BCUT2D eigenvalue weighted by atomic mass is 10.3. The second-order valence-corrected chi connectivity index (χ2v) is 8.78. The van der Waals surface area contributed by atoms with Crippen LogP contribution < -0.4 is 20.1 Å². The van der Waals surface area contributed by atoms with Gasteiger partial charge in [0.2, 0.25) is 0 Å². The van der Waals surface area contributed by atoms with Crippen molar-refractivity contribution in [3.63, 3.8) is 0 Å². The summed E-state index contributed by atoms with van der Waals surface area (Å²) in [5.74, 6) is 2.71. The standard InChI is InChI=1S/C18H30N4O4S.HI/c1-15(26-17-6-4-5-16(13-17)25-3)14-21-18(19-2)20-7-8-22-9-11-27(23,24)12-10-22;/h4-6,13,15H,7-12,14H2,1-3H3,(H2,19,20,21);1H. The molecule has 0 aliphatic carbocycles. The molecule has 0 amide bonds. The Balaban J connectivity index is 0.00000392. The van der Waals surface area contributed by atoms with E-state index in [1.54, 1.807) is 14.2 Å². The molecule has 160 valence electrons. The van der Waals surface area contributed by atoms with Crippen molar-refractivity contribution in [2.45, 2.75) is 13.0 Å². The van der Waals surface area contributed by atoms with Crippen molar-refractivity contribution in [3.05, 3.63) is 24.3 Å². The molecule has 0 radical (unpaired) electrons. The Bertz CT molecular complexity index is 716. The fourth-order valence-corrected chi connectivity index (χ4v) is 3.99. The first-order valence-corrected chi connectivity index (χ1v) is 10.9. The van der Waals surface area contributed by atoms with Gasteiger partial charge in [0, 0.05) is 39.3 Å². The molecular formula is C18H31IN4O4S. The summed E-state index contributed by atoms with van der Waals surface area (Å²) in [6, 6.07) is 7.51. The van der Waals surface area contributed by atoms with Crippen molar-refractivity contribution in [1.82, 2.24) is 15.5 Å². The van der Waals surface area contributed by atoms with Gasteiger partial charge in [-0.1, -0.05) is 6.07 Å². The summed E-state index contributed by atoms with van der Waals surface area (Å²) in [5.41, 5.74) is 0. The minimum atomic E-state index is -2.83. The largest absolute Gasteiger partial charge is 0.497 e. The molecule has 1 fully saturated rings. The second kappa shape index (κ2) is 12.3. The minimum absolute atomic E-state index is 0. The summed E-state index contributed by atoms with van der Waals surface area (Å²) in [6.45, 7) is 5.26. The van der Waals surface area contributed by atoms with Gasteiger partial charge < -0.3 is 20.1 Å². The fraction of sp³-hybridized carbons (Fsp3) is 0.611. The molecule has 0 spiro atoms. The zero-order chi connectivity index (χ0) is 19.7. The summed E-state index contributed by atoms with van der Waals surface area (Å²) in [6.07, 6.45) is -0.0528. The number of hydrogen-bond acceptors (Lipinski definition) is 6. The van der Waals surface area contributed by atoms with Crippen molar-refractivity contribution >= 4 is 39.8 Å². The Morgan fingerprint density at radius 1 is 1.25 bits per heavy atom. The van der Waals surface area contributed by atoms with Crippen molar-refractivity contribution in [1.29, 1.82) is 0 Å². The molecule has 10 heteroatoms. The molecule has 2 rings (SSSR count). The van der Waals surface area contributed by atoms with E-state index in [4.69, 9.17) is 9.47 Å². The average molecular weight is 526 g/mol. The highest BCUT2D eigenvalue weighted by molar-refractivity contribution is 14.0. The molecule has 0 saturated carbocycles. The van der Waals surface area contributed by atoms with Gasteiger partial charge in [-0.15, -0.1) is 24.0 Å². The van der Waals surface area contributed by atoms with Crippen LogP contribution in [-0.2, 0) is 9.84 Å². The molecule has 1 heterocycles. The molecule has 8 nitrogen and oxygen atoms in total. The molecule has 1 aliphatic heterocycles. The number of rotatable bonds is 8. The normalized spacial score (nSPS) is 17.9. The van der Waals surface area contributed by atoms with Gasteiger partial charge in [-0.2, -0.15) is 0 Å². The summed E-state index contributed by atoms with van der Waals surface area (Å²) in [5, 5.41) is 6.48. The predicted octanol–water partition coefficient (Wildman–Crippen LogP) is 0.976. The van der Waals surface area contributed by atoms with Gasteiger partial charge in [0.05, 0.1) is 25.2 Å². The number of benzene rings is 1. The Labute approximate surface area is 185 Å². The van der Waals surface area contributed by atoms with Crippen LogP contribution in [-0.4, -0.2) is 83.8 Å². The van der Waals surface area contributed by atoms with E-state index in [1.165, 1.54) is 0 Å². The van der Waals surface area contributed by atoms with E-state index in [2.05, 4.69) is 20.5 Å². The van der Waals surface area contributed by atoms with Gasteiger partial charge in [0.1, 0.15) is 17.6 Å². The monoisotopic (exact) mass is 526 g/mol. The van der Waals surface area contributed by atoms with Crippen LogP contribution in [0.2, 0.25) is 0 Å². The molecule has 1 saturated heterocycles. The number of sulfone groups is 1. The molecule has 1 aromatic rings. The number of nitrogens with zero attached hydrogens (tertiary/aromatic N) is 2. The SMILES string of the molecule is CN=C(NCCN1CCS(=O)(=O)CC1)NCC(C)Oc1cccc(OC)c1.I. The average Bonchev–Trinajstić information content (AvgIpc) is 2.65. The summed E-state index contributed by atoms with van der Waals surface area (Å²) in [7, 11) is 0.516. The van der Waals surface area contributed by atoms with E-state index < -0.39 is 9.84 Å². The Hall–Kier alpha value is -1.27. The van der Waals surface area contributed by atoms with E-state index in [1.807, 2.05) is 31.2 Å². The van der Waals surface area contributed by atoms with Crippen LogP contribution in [0.15, 0.2) is 29.3 Å². The number of halogens is 1. The first-order valence-electron chi connectivity index (χ1n) is 9.10. The van der Waals surface area contributed by atoms with Crippen molar-refractivity contribution in [2.75, 3.05) is 58.4 Å². The Kier molecular flexibility index (Phi) is 10.9. The van der Waals surface area contributed by atoms with Gasteiger partial charge in [-0.05, 0) is 19.1 Å². The third-order valence-corrected chi connectivity index (χ3v) is 5.93. The minimum Gasteiger partial charge on any atom is -0.497 e. The molecule has 1 atom stereocenters. The maximum atomic E-state index is 11.5. The van der Waals surface area contributed by atoms with E-state index in [9.17, 15) is 8.42 Å². The number of nitrogens with one attached hydrogen (secondary N) is 2. The summed E-state index contributed by atoms with van der Waals surface area (Å²) >= 11 is 0. The van der Waals surface area contributed by atoms with Crippen molar-refractivity contribution in [3.8, 4) is 11.5 Å². The van der Waals surface area contributed by atoms with Gasteiger partial charge in [0.25, 0.3) is 0 Å². The fourth-order valence-electron chi connectivity index (χ4n) is 2.72. The maximum absolute atomic E-state index is 11.5. The smallest absolute Gasteiger partial charge is 0.191 e. The van der Waals surface area contributed by atoms with Crippen LogP contribution in [0.4, 0.5) is 0 Å². The summed E-state index contributed by atoms with van der Waals surface area (Å²) < 4.78 is 34.0.